The molecule has 14 heavy (non-hydrogen) atoms. The zero-order valence-corrected chi connectivity index (χ0v) is 7.64. The fraction of sp³-hybridized carbons (Fsp3) is 0.400. The van der Waals surface area contributed by atoms with Crippen LogP contribution in [0.1, 0.15) is 5.69 Å². The highest BCUT2D eigenvalue weighted by Crippen LogP contribution is 2.31. The van der Waals surface area contributed by atoms with Crippen LogP contribution < -0.4 is 0 Å². The Kier molecular flexibility index (Phi) is 2.21. The summed E-state index contributed by atoms with van der Waals surface area (Å²) in [5, 5.41) is 9.04. The molecule has 1 fully saturated rings. The van der Waals surface area contributed by atoms with Crippen molar-refractivity contribution in [3.05, 3.63) is 30.1 Å². The van der Waals surface area contributed by atoms with Crippen molar-refractivity contribution in [3.8, 4) is 0 Å². The summed E-state index contributed by atoms with van der Waals surface area (Å²) >= 11 is 0. The maximum Gasteiger partial charge on any atom is 0.314 e. The third-order valence-electron chi connectivity index (χ3n) is 2.46. The monoisotopic (exact) mass is 193 g/mol. The van der Waals surface area contributed by atoms with Crippen molar-refractivity contribution in [1.29, 1.82) is 0 Å². The Morgan fingerprint density at radius 3 is 2.79 bits per heavy atom. The van der Waals surface area contributed by atoms with Crippen LogP contribution in [-0.4, -0.2) is 29.3 Å². The highest BCUT2D eigenvalue weighted by molar-refractivity contribution is 5.76. The van der Waals surface area contributed by atoms with E-state index < -0.39 is 11.4 Å². The fourth-order valence-electron chi connectivity index (χ4n) is 1.50. The predicted molar refractivity (Wildman–Crippen MR) is 48.8 cm³/mol. The maximum atomic E-state index is 11.0. The minimum Gasteiger partial charge on any atom is -0.481 e. The topological polar surface area (TPSA) is 59.4 Å². The van der Waals surface area contributed by atoms with E-state index in [1.165, 1.54) is 0 Å². The summed E-state index contributed by atoms with van der Waals surface area (Å²) in [7, 11) is 0. The number of nitrogens with zero attached hydrogens (tertiary/aromatic N) is 1. The largest absolute Gasteiger partial charge is 0.481 e. The van der Waals surface area contributed by atoms with E-state index in [1.54, 1.807) is 6.20 Å². The molecule has 1 saturated heterocycles. The van der Waals surface area contributed by atoms with Crippen molar-refractivity contribution in [2.75, 3.05) is 13.2 Å². The van der Waals surface area contributed by atoms with Gasteiger partial charge in [-0.15, -0.1) is 0 Å². The molecule has 0 spiro atoms. The van der Waals surface area contributed by atoms with Gasteiger partial charge in [-0.1, -0.05) is 6.07 Å². The molecular formula is C10H11NO3. The molecule has 0 aromatic carbocycles. The Bertz CT molecular complexity index is 332. The van der Waals surface area contributed by atoms with Crippen LogP contribution in [0, 0.1) is 5.41 Å². The zero-order chi connectivity index (χ0) is 10.0. The van der Waals surface area contributed by atoms with E-state index >= 15 is 0 Å². The van der Waals surface area contributed by atoms with E-state index in [-0.39, 0.29) is 0 Å². The van der Waals surface area contributed by atoms with Crippen molar-refractivity contribution in [3.63, 3.8) is 0 Å². The summed E-state index contributed by atoms with van der Waals surface area (Å²) in [4.78, 5) is 15.1. The van der Waals surface area contributed by atoms with Gasteiger partial charge in [-0.25, -0.2) is 0 Å². The van der Waals surface area contributed by atoms with Gasteiger partial charge in [0.2, 0.25) is 0 Å². The number of carbonyl (C=O) groups is 1. The summed E-state index contributed by atoms with van der Waals surface area (Å²) in [5.74, 6) is -0.797. The maximum absolute atomic E-state index is 11.0. The molecule has 74 valence electrons. The first-order chi connectivity index (χ1) is 6.73. The van der Waals surface area contributed by atoms with E-state index in [9.17, 15) is 4.79 Å². The van der Waals surface area contributed by atoms with Crippen molar-refractivity contribution in [2.24, 2.45) is 5.41 Å². The number of pyridine rings is 1. The van der Waals surface area contributed by atoms with Crippen molar-refractivity contribution >= 4 is 5.97 Å². The molecule has 1 aromatic heterocycles. The Hall–Kier alpha value is -1.42. The average molecular weight is 193 g/mol. The number of hydrogen-bond donors (Lipinski definition) is 1. The number of aliphatic carboxylic acids is 1. The first kappa shape index (κ1) is 9.15. The molecule has 1 aromatic rings. The molecule has 0 aliphatic carbocycles. The van der Waals surface area contributed by atoms with Gasteiger partial charge in [0.25, 0.3) is 0 Å². The molecular weight excluding hydrogens is 182 g/mol. The van der Waals surface area contributed by atoms with Gasteiger partial charge in [-0.3, -0.25) is 9.78 Å². The van der Waals surface area contributed by atoms with Gasteiger partial charge in [-0.2, -0.15) is 0 Å². The number of carboxylic acids is 1. The molecule has 0 amide bonds. The number of aromatic nitrogens is 1. The molecule has 1 aliphatic rings. The Labute approximate surface area is 81.5 Å². The Morgan fingerprint density at radius 2 is 2.36 bits per heavy atom. The molecule has 4 heteroatoms. The smallest absolute Gasteiger partial charge is 0.314 e. The first-order valence-electron chi connectivity index (χ1n) is 4.44. The molecule has 0 unspecified atom stereocenters. The summed E-state index contributed by atoms with van der Waals surface area (Å²) in [5.41, 5.74) is 0.0622. The van der Waals surface area contributed by atoms with Gasteiger partial charge >= 0.3 is 5.97 Å². The molecule has 0 saturated carbocycles. The van der Waals surface area contributed by atoms with E-state index in [0.717, 1.165) is 5.69 Å². The Balaban J connectivity index is 2.13. The minimum absolute atomic E-state index is 0.291. The van der Waals surface area contributed by atoms with E-state index in [4.69, 9.17) is 9.84 Å². The van der Waals surface area contributed by atoms with Crippen LogP contribution in [-0.2, 0) is 16.0 Å². The molecule has 1 aliphatic heterocycles. The third kappa shape index (κ3) is 1.48. The molecule has 4 nitrogen and oxygen atoms in total. The van der Waals surface area contributed by atoms with Crippen LogP contribution >= 0.6 is 0 Å². The van der Waals surface area contributed by atoms with Crippen LogP contribution in [0.15, 0.2) is 24.4 Å². The summed E-state index contributed by atoms with van der Waals surface area (Å²) in [6, 6.07) is 5.51. The Morgan fingerprint density at radius 1 is 1.57 bits per heavy atom. The number of ether oxygens (including phenoxy) is 1. The summed E-state index contributed by atoms with van der Waals surface area (Å²) in [6.45, 7) is 0.581. The minimum atomic E-state index is -0.797. The quantitative estimate of drug-likeness (QED) is 0.768. The van der Waals surface area contributed by atoms with E-state index in [1.807, 2.05) is 18.2 Å². The molecule has 0 radical (unpaired) electrons. The van der Waals surface area contributed by atoms with Crippen molar-refractivity contribution in [1.82, 2.24) is 4.98 Å². The van der Waals surface area contributed by atoms with Crippen molar-refractivity contribution in [2.45, 2.75) is 6.42 Å². The van der Waals surface area contributed by atoms with Gasteiger partial charge in [0.1, 0.15) is 5.41 Å². The van der Waals surface area contributed by atoms with Crippen LogP contribution in [0.25, 0.3) is 0 Å². The summed E-state index contributed by atoms with van der Waals surface area (Å²) < 4.78 is 4.96. The third-order valence-corrected chi connectivity index (χ3v) is 2.46. The van der Waals surface area contributed by atoms with Crippen LogP contribution in [0.4, 0.5) is 0 Å². The second kappa shape index (κ2) is 3.38. The lowest BCUT2D eigenvalue weighted by molar-refractivity contribution is -0.179. The number of rotatable bonds is 3. The van der Waals surface area contributed by atoms with Gasteiger partial charge in [0.05, 0.1) is 13.2 Å². The number of hydrogen-bond acceptors (Lipinski definition) is 3. The van der Waals surface area contributed by atoms with Gasteiger partial charge in [-0.05, 0) is 12.1 Å². The van der Waals surface area contributed by atoms with Gasteiger partial charge < -0.3 is 9.84 Å². The van der Waals surface area contributed by atoms with Crippen LogP contribution in [0.3, 0.4) is 0 Å². The average Bonchev–Trinajstić information content (AvgIpc) is 2.12. The van der Waals surface area contributed by atoms with Gasteiger partial charge in [0, 0.05) is 18.3 Å². The SMILES string of the molecule is O=C(O)C1(Cc2ccccn2)COC1. The molecule has 2 heterocycles. The highest BCUT2D eigenvalue weighted by atomic mass is 16.5. The summed E-state index contributed by atoms with van der Waals surface area (Å²) in [6.07, 6.45) is 2.12. The first-order valence-corrected chi connectivity index (χ1v) is 4.44. The van der Waals surface area contributed by atoms with Crippen LogP contribution in [0.5, 0.6) is 0 Å². The second-order valence-corrected chi connectivity index (χ2v) is 3.58. The molecule has 0 atom stereocenters. The van der Waals surface area contributed by atoms with E-state index in [0.29, 0.717) is 19.6 Å². The van der Waals surface area contributed by atoms with Gasteiger partial charge in [0.15, 0.2) is 0 Å². The normalized spacial score (nSPS) is 18.6. The molecule has 1 N–H and O–H groups in total. The lowest BCUT2D eigenvalue weighted by atomic mass is 9.81. The number of carboxylic acid groups (broad SMARTS) is 1. The fourth-order valence-corrected chi connectivity index (χ4v) is 1.50. The zero-order valence-electron chi connectivity index (χ0n) is 7.64. The van der Waals surface area contributed by atoms with Crippen LogP contribution in [0.2, 0.25) is 0 Å². The standard InChI is InChI=1S/C10H11NO3/c12-9(13)10(6-14-7-10)5-8-3-1-2-4-11-8/h1-4H,5-7H2,(H,12,13). The lowest BCUT2D eigenvalue weighted by Gasteiger charge is -2.37. The van der Waals surface area contributed by atoms with E-state index in [2.05, 4.69) is 4.98 Å². The highest BCUT2D eigenvalue weighted by Gasteiger charge is 2.46. The van der Waals surface area contributed by atoms with Crippen molar-refractivity contribution < 1.29 is 14.6 Å². The lowest BCUT2D eigenvalue weighted by Crippen LogP contribution is -2.50. The second-order valence-electron chi connectivity index (χ2n) is 3.58. The molecule has 2 rings (SSSR count). The predicted octanol–water partition coefficient (Wildman–Crippen LogP) is 0.725. The molecule has 0 bridgehead atoms.